The molecule has 212 valence electrons. The molecule has 2 aromatic rings. The molecule has 0 saturated carbocycles. The number of carboxylic acids is 1. The third kappa shape index (κ3) is 12.5. The van der Waals surface area contributed by atoms with Gasteiger partial charge in [0.2, 0.25) is 0 Å². The molecule has 0 aromatic heterocycles. The summed E-state index contributed by atoms with van der Waals surface area (Å²) in [6.07, 6.45) is 0.114. The van der Waals surface area contributed by atoms with Crippen LogP contribution in [-0.4, -0.2) is 65.4 Å². The number of nitrogens with one attached hydrogen (secondary N) is 1. The van der Waals surface area contributed by atoms with Crippen molar-refractivity contribution in [3.8, 4) is 0 Å². The Morgan fingerprint density at radius 1 is 0.842 bits per heavy atom. The lowest BCUT2D eigenvalue weighted by molar-refractivity contribution is 0.0692. The van der Waals surface area contributed by atoms with Crippen LogP contribution in [0.2, 0.25) is 6.04 Å². The molecule has 0 aliphatic carbocycles. The van der Waals surface area contributed by atoms with E-state index in [0.29, 0.717) is 44.4 Å². The molecule has 9 nitrogen and oxygen atoms in total. The van der Waals surface area contributed by atoms with Crippen LogP contribution in [0.3, 0.4) is 0 Å². The van der Waals surface area contributed by atoms with Crippen LogP contribution in [-0.2, 0) is 24.6 Å². The predicted octanol–water partition coefficient (Wildman–Crippen LogP) is 5.58. The first-order valence-corrected chi connectivity index (χ1v) is 15.2. The van der Waals surface area contributed by atoms with Gasteiger partial charge in [-0.25, -0.2) is 9.59 Å². The Morgan fingerprint density at radius 2 is 1.39 bits per heavy atom. The highest BCUT2D eigenvalue weighted by molar-refractivity contribution is 6.60. The molecule has 38 heavy (non-hydrogen) atoms. The number of carbonyl (C=O) groups excluding carboxylic acids is 1. The van der Waals surface area contributed by atoms with E-state index in [0.717, 1.165) is 13.1 Å². The lowest BCUT2D eigenvalue weighted by Gasteiger charge is -2.28. The fourth-order valence-corrected chi connectivity index (χ4v) is 6.28. The predicted molar refractivity (Wildman–Crippen MR) is 152 cm³/mol. The second-order valence-corrected chi connectivity index (χ2v) is 10.8. The number of rotatable bonds is 16. The van der Waals surface area contributed by atoms with Gasteiger partial charge in [0.05, 0.1) is 5.56 Å². The maximum atomic E-state index is 11.8. The van der Waals surface area contributed by atoms with Gasteiger partial charge in [-0.2, -0.15) is 0 Å². The topological polar surface area (TPSA) is 107 Å². The quantitative estimate of drug-likeness (QED) is 0.207. The molecule has 0 bridgehead atoms. The van der Waals surface area contributed by atoms with Crippen molar-refractivity contribution in [2.24, 2.45) is 0 Å². The summed E-state index contributed by atoms with van der Waals surface area (Å²) in [7, 11) is -2.69. The molecule has 0 spiro atoms. The third-order valence-electron chi connectivity index (χ3n) is 5.48. The summed E-state index contributed by atoms with van der Waals surface area (Å²) in [5.74, 6) is -0.994. The smallest absolute Gasteiger partial charge is 0.478 e. The average molecular weight is 549 g/mol. The van der Waals surface area contributed by atoms with Crippen LogP contribution in [0.4, 0.5) is 10.5 Å². The van der Waals surface area contributed by atoms with Gasteiger partial charge in [0.25, 0.3) is 0 Å². The lowest BCUT2D eigenvalue weighted by Crippen LogP contribution is -2.46. The van der Waals surface area contributed by atoms with E-state index < -0.39 is 20.9 Å². The second kappa shape index (κ2) is 19.2. The zero-order valence-electron chi connectivity index (χ0n) is 23.4. The van der Waals surface area contributed by atoms with Crippen LogP contribution >= 0.6 is 0 Å². The number of benzene rings is 2. The van der Waals surface area contributed by atoms with Gasteiger partial charge in [0.1, 0.15) is 6.61 Å². The number of para-hydroxylation sites is 1. The number of anilines is 1. The van der Waals surface area contributed by atoms with Crippen molar-refractivity contribution in [1.82, 2.24) is 5.32 Å². The van der Waals surface area contributed by atoms with Crippen LogP contribution < -0.4 is 10.2 Å². The molecule has 0 atom stereocenters. The van der Waals surface area contributed by atoms with E-state index in [1.165, 1.54) is 17.8 Å². The third-order valence-corrected chi connectivity index (χ3v) is 8.63. The minimum atomic E-state index is -2.69. The van der Waals surface area contributed by atoms with Crippen molar-refractivity contribution in [2.45, 2.75) is 53.7 Å². The molecule has 0 aliphatic heterocycles. The first kappa shape index (κ1) is 33.1. The number of hydrogen-bond acceptors (Lipinski definition) is 7. The summed E-state index contributed by atoms with van der Waals surface area (Å²) in [6.45, 7) is 14.3. The van der Waals surface area contributed by atoms with Crippen molar-refractivity contribution in [2.75, 3.05) is 44.4 Å². The molecule has 0 aliphatic rings. The van der Waals surface area contributed by atoms with Crippen molar-refractivity contribution >= 4 is 26.6 Å². The molecule has 0 saturated heterocycles. The number of amides is 1. The number of alkyl carbamates (subject to hydrolysis) is 1. The van der Waals surface area contributed by atoms with E-state index in [9.17, 15) is 9.59 Å². The number of nitrogens with zero attached hydrogens (tertiary/aromatic N) is 1. The molecule has 2 N–H and O–H groups in total. The van der Waals surface area contributed by atoms with Crippen LogP contribution in [0.1, 0.15) is 57.0 Å². The zero-order valence-corrected chi connectivity index (χ0v) is 24.4. The Labute approximate surface area is 228 Å². The van der Waals surface area contributed by atoms with Gasteiger partial charge in [-0.1, -0.05) is 30.3 Å². The monoisotopic (exact) mass is 548 g/mol. The molecule has 0 fully saturated rings. The first-order valence-electron chi connectivity index (χ1n) is 13.3. The van der Waals surface area contributed by atoms with Crippen molar-refractivity contribution in [1.29, 1.82) is 0 Å². The highest BCUT2D eigenvalue weighted by Crippen LogP contribution is 2.18. The molecular weight excluding hydrogens is 504 g/mol. The molecule has 2 aromatic carbocycles. The van der Waals surface area contributed by atoms with E-state index in [2.05, 4.69) is 48.3 Å². The van der Waals surface area contributed by atoms with Crippen molar-refractivity contribution in [3.63, 3.8) is 0 Å². The average Bonchev–Trinajstić information content (AvgIpc) is 2.92. The molecule has 0 unspecified atom stereocenters. The van der Waals surface area contributed by atoms with Gasteiger partial charge in [-0.05, 0) is 70.9 Å². The maximum absolute atomic E-state index is 11.8. The molecule has 0 radical (unpaired) electrons. The second-order valence-electron chi connectivity index (χ2n) is 8.10. The zero-order chi connectivity index (χ0) is 28.2. The molecule has 10 heteroatoms. The summed E-state index contributed by atoms with van der Waals surface area (Å²) < 4.78 is 22.4. The van der Waals surface area contributed by atoms with Gasteiger partial charge in [-0.15, -0.1) is 0 Å². The van der Waals surface area contributed by atoms with E-state index in [-0.39, 0.29) is 12.2 Å². The van der Waals surface area contributed by atoms with E-state index >= 15 is 0 Å². The number of carbonyl (C=O) groups is 2. The first-order chi connectivity index (χ1) is 18.3. The Balaban J connectivity index is 0.000000544. The van der Waals surface area contributed by atoms with Crippen LogP contribution in [0.25, 0.3) is 0 Å². The lowest BCUT2D eigenvalue weighted by atomic mass is 10.1. The maximum Gasteiger partial charge on any atom is 0.500 e. The Kier molecular flexibility index (Phi) is 16.7. The van der Waals surface area contributed by atoms with Crippen molar-refractivity contribution in [3.05, 3.63) is 65.7 Å². The SMILES string of the molecule is CCN(CC)c1ccccc1.CCO[Si](CCCNC(=O)OCc1ccc(C(=O)O)cc1)(OCC)OCC. The van der Waals surface area contributed by atoms with Crippen LogP contribution in [0.5, 0.6) is 0 Å². The summed E-state index contributed by atoms with van der Waals surface area (Å²) in [5, 5.41) is 11.5. The van der Waals surface area contributed by atoms with Gasteiger partial charge in [0.15, 0.2) is 0 Å². The van der Waals surface area contributed by atoms with Gasteiger partial charge >= 0.3 is 20.9 Å². The van der Waals surface area contributed by atoms with Crippen molar-refractivity contribution < 1.29 is 32.7 Å². The summed E-state index contributed by atoms with van der Waals surface area (Å²) >= 11 is 0. The van der Waals surface area contributed by atoms with E-state index in [1.54, 1.807) is 12.1 Å². The Morgan fingerprint density at radius 3 is 1.87 bits per heavy atom. The normalized spacial score (nSPS) is 10.8. The highest BCUT2D eigenvalue weighted by atomic mass is 28.4. The standard InChI is InChI=1S/C18H29NO7Si.C10H15N/c1-4-24-27(25-5-2,26-6-3)13-7-12-19-18(22)23-14-15-8-10-16(11-9-15)17(20)21;1-3-11(4-2)10-8-6-5-7-9-10/h8-11H,4-7,12-14H2,1-3H3,(H,19,22)(H,20,21);5-9H,3-4H2,1-2H3. The minimum Gasteiger partial charge on any atom is -0.478 e. The molecule has 1 amide bonds. The summed E-state index contributed by atoms with van der Waals surface area (Å²) in [5.41, 5.74) is 2.22. The summed E-state index contributed by atoms with van der Waals surface area (Å²) in [6, 6.07) is 17.3. The van der Waals surface area contributed by atoms with Gasteiger partial charge < -0.3 is 33.3 Å². The van der Waals surface area contributed by atoms with E-state index in [1.807, 2.05) is 26.8 Å². The molecule has 0 heterocycles. The molecule has 2 rings (SSSR count). The Bertz CT molecular complexity index is 892. The van der Waals surface area contributed by atoms with E-state index in [4.69, 9.17) is 23.1 Å². The fourth-order valence-electron chi connectivity index (χ4n) is 3.67. The largest absolute Gasteiger partial charge is 0.500 e. The number of aromatic carboxylic acids is 1. The molecular formula is C28H44N2O7Si. The summed E-state index contributed by atoms with van der Waals surface area (Å²) in [4.78, 5) is 24.9. The minimum absolute atomic E-state index is 0.0707. The fraction of sp³-hybridized carbons (Fsp3) is 0.500. The number of carboxylic acid groups (broad SMARTS) is 1. The number of hydrogen-bond donors (Lipinski definition) is 2. The van der Waals surface area contributed by atoms with Crippen LogP contribution in [0, 0.1) is 0 Å². The highest BCUT2D eigenvalue weighted by Gasteiger charge is 2.39. The Hall–Kier alpha value is -2.92. The van der Waals surface area contributed by atoms with Crippen LogP contribution in [0.15, 0.2) is 54.6 Å². The van der Waals surface area contributed by atoms with Gasteiger partial charge in [0, 0.05) is 51.2 Å². The van der Waals surface area contributed by atoms with Gasteiger partial charge in [-0.3, -0.25) is 0 Å². The number of ether oxygens (including phenoxy) is 1.